The Morgan fingerprint density at radius 2 is 1.83 bits per heavy atom. The van der Waals surface area contributed by atoms with Gasteiger partial charge in [-0.15, -0.1) is 0 Å². The van der Waals surface area contributed by atoms with E-state index in [0.29, 0.717) is 11.4 Å². The highest BCUT2D eigenvalue weighted by atomic mass is 19.1. The largest absolute Gasteiger partial charge is 0.368 e. The molecule has 0 aliphatic carbocycles. The van der Waals surface area contributed by atoms with Crippen LogP contribution in [0.15, 0.2) is 42.6 Å². The normalized spacial score (nSPS) is 15.3. The van der Waals surface area contributed by atoms with Crippen LogP contribution >= 0.6 is 0 Å². The van der Waals surface area contributed by atoms with Gasteiger partial charge in [0.25, 0.3) is 5.91 Å². The van der Waals surface area contributed by atoms with E-state index in [1.54, 1.807) is 12.3 Å². The molecule has 1 aromatic carbocycles. The SMILES string of the molecule is CCN1CCN(c2ccc(C(=O)Nc3ccc(F)cc3)nc2)CC1. The first-order chi connectivity index (χ1) is 11.7. The third-order valence-electron chi connectivity index (χ3n) is 4.27. The molecule has 6 heteroatoms. The Labute approximate surface area is 141 Å². The number of likely N-dealkylation sites (N-methyl/N-ethyl adjacent to an activating group) is 1. The van der Waals surface area contributed by atoms with Crippen molar-refractivity contribution in [1.82, 2.24) is 9.88 Å². The molecular formula is C18H21FN4O. The van der Waals surface area contributed by atoms with Crippen molar-refractivity contribution in [2.45, 2.75) is 6.92 Å². The molecule has 1 aromatic heterocycles. The summed E-state index contributed by atoms with van der Waals surface area (Å²) in [6, 6.07) is 9.31. The Kier molecular flexibility index (Phi) is 5.05. The van der Waals surface area contributed by atoms with Crippen LogP contribution in [0.4, 0.5) is 15.8 Å². The number of halogens is 1. The summed E-state index contributed by atoms with van der Waals surface area (Å²) < 4.78 is 12.9. The minimum atomic E-state index is -0.335. The molecule has 0 saturated carbocycles. The molecule has 1 amide bonds. The molecule has 24 heavy (non-hydrogen) atoms. The summed E-state index contributed by atoms with van der Waals surface area (Å²) in [5.74, 6) is -0.636. The van der Waals surface area contributed by atoms with E-state index in [9.17, 15) is 9.18 Å². The number of nitrogens with one attached hydrogen (secondary N) is 1. The van der Waals surface area contributed by atoms with Gasteiger partial charge in [-0.25, -0.2) is 9.37 Å². The Bertz CT molecular complexity index is 679. The predicted molar refractivity (Wildman–Crippen MR) is 92.9 cm³/mol. The highest BCUT2D eigenvalue weighted by molar-refractivity contribution is 6.02. The predicted octanol–water partition coefficient (Wildman–Crippen LogP) is 2.61. The number of piperazine rings is 1. The van der Waals surface area contributed by atoms with Gasteiger partial charge in [0.05, 0.1) is 11.9 Å². The summed E-state index contributed by atoms with van der Waals surface area (Å²) in [6.07, 6.45) is 1.74. The number of hydrogen-bond donors (Lipinski definition) is 1. The van der Waals surface area contributed by atoms with Crippen LogP contribution in [0.3, 0.4) is 0 Å². The summed E-state index contributed by atoms with van der Waals surface area (Å²) in [5.41, 5.74) is 1.92. The van der Waals surface area contributed by atoms with Crippen molar-refractivity contribution in [3.63, 3.8) is 0 Å². The van der Waals surface area contributed by atoms with Crippen LogP contribution in [-0.2, 0) is 0 Å². The highest BCUT2D eigenvalue weighted by Crippen LogP contribution is 2.16. The van der Waals surface area contributed by atoms with E-state index < -0.39 is 0 Å². The molecule has 0 unspecified atom stereocenters. The number of anilines is 2. The van der Waals surface area contributed by atoms with Crippen molar-refractivity contribution in [3.05, 3.63) is 54.1 Å². The summed E-state index contributed by atoms with van der Waals surface area (Å²) in [7, 11) is 0. The van der Waals surface area contributed by atoms with Crippen LogP contribution < -0.4 is 10.2 Å². The maximum atomic E-state index is 12.9. The number of carbonyl (C=O) groups is 1. The van der Waals surface area contributed by atoms with Gasteiger partial charge in [-0.3, -0.25) is 4.79 Å². The molecular weight excluding hydrogens is 307 g/mol. The van der Waals surface area contributed by atoms with E-state index >= 15 is 0 Å². The van der Waals surface area contributed by atoms with Gasteiger partial charge >= 0.3 is 0 Å². The fourth-order valence-electron chi connectivity index (χ4n) is 2.76. The lowest BCUT2D eigenvalue weighted by Gasteiger charge is -2.35. The van der Waals surface area contributed by atoms with Crippen LogP contribution in [0, 0.1) is 5.82 Å². The van der Waals surface area contributed by atoms with Crippen molar-refractivity contribution >= 4 is 17.3 Å². The number of benzene rings is 1. The van der Waals surface area contributed by atoms with E-state index in [-0.39, 0.29) is 11.7 Å². The summed E-state index contributed by atoms with van der Waals surface area (Å²) in [4.78, 5) is 21.1. The molecule has 0 atom stereocenters. The molecule has 0 bridgehead atoms. The first-order valence-electron chi connectivity index (χ1n) is 8.16. The zero-order valence-corrected chi connectivity index (χ0v) is 13.7. The fourth-order valence-corrected chi connectivity index (χ4v) is 2.76. The van der Waals surface area contributed by atoms with Crippen LogP contribution in [0.1, 0.15) is 17.4 Å². The molecule has 126 valence electrons. The summed E-state index contributed by atoms with van der Waals surface area (Å²) in [5, 5.41) is 2.71. The second-order valence-electron chi connectivity index (χ2n) is 5.78. The number of amides is 1. The molecule has 1 aliphatic rings. The van der Waals surface area contributed by atoms with Gasteiger partial charge in [0.1, 0.15) is 11.5 Å². The lowest BCUT2D eigenvalue weighted by Crippen LogP contribution is -2.46. The average molecular weight is 328 g/mol. The van der Waals surface area contributed by atoms with Crippen LogP contribution in [-0.4, -0.2) is 48.5 Å². The fraction of sp³-hybridized carbons (Fsp3) is 0.333. The van der Waals surface area contributed by atoms with Crippen LogP contribution in [0.5, 0.6) is 0 Å². The molecule has 2 aromatic rings. The molecule has 0 radical (unpaired) electrons. The smallest absolute Gasteiger partial charge is 0.274 e. The van der Waals surface area contributed by atoms with Gasteiger partial charge < -0.3 is 15.1 Å². The lowest BCUT2D eigenvalue weighted by molar-refractivity contribution is 0.102. The van der Waals surface area contributed by atoms with Gasteiger partial charge in [0, 0.05) is 31.9 Å². The molecule has 0 spiro atoms. The maximum absolute atomic E-state index is 12.9. The number of nitrogens with zero attached hydrogens (tertiary/aromatic N) is 3. The molecule has 1 N–H and O–H groups in total. The minimum Gasteiger partial charge on any atom is -0.368 e. The first-order valence-corrected chi connectivity index (χ1v) is 8.16. The minimum absolute atomic E-state index is 0.302. The monoisotopic (exact) mass is 328 g/mol. The number of carbonyl (C=O) groups excluding carboxylic acids is 1. The van der Waals surface area contributed by atoms with Crippen molar-refractivity contribution < 1.29 is 9.18 Å². The third kappa shape index (κ3) is 3.89. The standard InChI is InChI=1S/C18H21FN4O/c1-2-22-9-11-23(12-10-22)16-7-8-17(20-13-16)18(24)21-15-5-3-14(19)4-6-15/h3-8,13H,2,9-12H2,1H3,(H,21,24). The molecule has 1 fully saturated rings. The van der Waals surface area contributed by atoms with Gasteiger partial charge in [-0.05, 0) is 42.9 Å². The first kappa shape index (κ1) is 16.4. The van der Waals surface area contributed by atoms with Crippen molar-refractivity contribution in [3.8, 4) is 0 Å². The molecule has 5 nitrogen and oxygen atoms in total. The zero-order valence-electron chi connectivity index (χ0n) is 13.7. The van der Waals surface area contributed by atoms with Gasteiger partial charge in [0.15, 0.2) is 0 Å². The number of rotatable bonds is 4. The molecule has 1 saturated heterocycles. The van der Waals surface area contributed by atoms with E-state index in [2.05, 4.69) is 27.0 Å². The van der Waals surface area contributed by atoms with Gasteiger partial charge in [-0.2, -0.15) is 0 Å². The van der Waals surface area contributed by atoms with Gasteiger partial charge in [0.2, 0.25) is 0 Å². The molecule has 3 rings (SSSR count). The van der Waals surface area contributed by atoms with Crippen LogP contribution in [0.25, 0.3) is 0 Å². The van der Waals surface area contributed by atoms with E-state index in [0.717, 1.165) is 38.4 Å². The van der Waals surface area contributed by atoms with Crippen molar-refractivity contribution in [2.24, 2.45) is 0 Å². The van der Waals surface area contributed by atoms with Crippen LogP contribution in [0.2, 0.25) is 0 Å². The lowest BCUT2D eigenvalue weighted by atomic mass is 10.2. The quantitative estimate of drug-likeness (QED) is 0.937. The average Bonchev–Trinajstić information content (AvgIpc) is 2.64. The highest BCUT2D eigenvalue weighted by Gasteiger charge is 2.16. The second-order valence-corrected chi connectivity index (χ2v) is 5.78. The summed E-state index contributed by atoms with van der Waals surface area (Å²) >= 11 is 0. The van der Waals surface area contributed by atoms with Gasteiger partial charge in [-0.1, -0.05) is 6.92 Å². The topological polar surface area (TPSA) is 48.5 Å². The Balaban J connectivity index is 1.61. The Hall–Kier alpha value is -2.47. The molecule has 1 aliphatic heterocycles. The molecule has 2 heterocycles. The number of aromatic nitrogens is 1. The second kappa shape index (κ2) is 7.40. The van der Waals surface area contributed by atoms with Crippen molar-refractivity contribution in [2.75, 3.05) is 42.9 Å². The van der Waals surface area contributed by atoms with E-state index in [1.165, 1.54) is 24.3 Å². The summed E-state index contributed by atoms with van der Waals surface area (Å²) in [6.45, 7) is 7.28. The van der Waals surface area contributed by atoms with E-state index in [4.69, 9.17) is 0 Å². The number of pyridine rings is 1. The Morgan fingerprint density at radius 3 is 2.42 bits per heavy atom. The number of hydrogen-bond acceptors (Lipinski definition) is 4. The zero-order chi connectivity index (χ0) is 16.9. The Morgan fingerprint density at radius 1 is 1.12 bits per heavy atom. The van der Waals surface area contributed by atoms with E-state index in [1.807, 2.05) is 6.07 Å². The van der Waals surface area contributed by atoms with Crippen molar-refractivity contribution in [1.29, 1.82) is 0 Å². The maximum Gasteiger partial charge on any atom is 0.274 e. The third-order valence-corrected chi connectivity index (χ3v) is 4.27.